The summed E-state index contributed by atoms with van der Waals surface area (Å²) in [5.41, 5.74) is -0.397. The standard InChI is InChI=1S/C13H25N3O2/c1-10-9-14-7-8-16(10)11(17)5-6-15-12(18)13(2,3)4/h10,14H,5-9H2,1-4H3,(H,15,18)/t10-/m1/s1. The monoisotopic (exact) mass is 255 g/mol. The average molecular weight is 255 g/mol. The second kappa shape index (κ2) is 6.18. The largest absolute Gasteiger partial charge is 0.355 e. The molecule has 1 rings (SSSR count). The smallest absolute Gasteiger partial charge is 0.225 e. The Morgan fingerprint density at radius 2 is 2.06 bits per heavy atom. The highest BCUT2D eigenvalue weighted by Crippen LogP contribution is 2.12. The molecule has 0 unspecified atom stereocenters. The summed E-state index contributed by atoms with van der Waals surface area (Å²) < 4.78 is 0. The van der Waals surface area contributed by atoms with Gasteiger partial charge in [-0.15, -0.1) is 0 Å². The molecule has 1 atom stereocenters. The molecule has 1 heterocycles. The molecular formula is C13H25N3O2. The minimum Gasteiger partial charge on any atom is -0.355 e. The Bertz CT molecular complexity index is 310. The zero-order chi connectivity index (χ0) is 13.8. The number of nitrogens with zero attached hydrogens (tertiary/aromatic N) is 1. The Morgan fingerprint density at radius 3 is 2.61 bits per heavy atom. The number of carbonyl (C=O) groups excluding carboxylic acids is 2. The molecule has 0 spiro atoms. The first-order valence-electron chi connectivity index (χ1n) is 6.61. The van der Waals surface area contributed by atoms with Crippen molar-refractivity contribution in [2.75, 3.05) is 26.2 Å². The molecule has 0 aromatic heterocycles. The molecule has 1 fully saturated rings. The molecule has 18 heavy (non-hydrogen) atoms. The van der Waals surface area contributed by atoms with Gasteiger partial charge >= 0.3 is 0 Å². The van der Waals surface area contributed by atoms with E-state index in [9.17, 15) is 9.59 Å². The predicted octanol–water partition coefficient (Wildman–Crippen LogP) is 0.359. The number of hydrogen-bond donors (Lipinski definition) is 2. The van der Waals surface area contributed by atoms with Crippen molar-refractivity contribution in [3.05, 3.63) is 0 Å². The highest BCUT2D eigenvalue weighted by atomic mass is 16.2. The summed E-state index contributed by atoms with van der Waals surface area (Å²) in [4.78, 5) is 25.5. The lowest BCUT2D eigenvalue weighted by atomic mass is 9.96. The third-order valence-electron chi connectivity index (χ3n) is 3.13. The van der Waals surface area contributed by atoms with Crippen LogP contribution in [0.3, 0.4) is 0 Å². The Hall–Kier alpha value is -1.10. The number of rotatable bonds is 3. The highest BCUT2D eigenvalue weighted by molar-refractivity contribution is 5.82. The molecule has 1 aliphatic heterocycles. The van der Waals surface area contributed by atoms with Crippen LogP contribution in [0.15, 0.2) is 0 Å². The van der Waals surface area contributed by atoms with E-state index < -0.39 is 5.41 Å². The van der Waals surface area contributed by atoms with Crippen LogP contribution in [-0.4, -0.2) is 48.9 Å². The van der Waals surface area contributed by atoms with Crippen LogP contribution in [0.4, 0.5) is 0 Å². The molecule has 2 amide bonds. The number of piperazine rings is 1. The van der Waals surface area contributed by atoms with Crippen LogP contribution < -0.4 is 10.6 Å². The van der Waals surface area contributed by atoms with Gasteiger partial charge in [0.1, 0.15) is 0 Å². The maximum absolute atomic E-state index is 12.0. The van der Waals surface area contributed by atoms with Gasteiger partial charge in [0.2, 0.25) is 11.8 Å². The molecule has 0 radical (unpaired) electrons. The van der Waals surface area contributed by atoms with E-state index in [1.165, 1.54) is 0 Å². The molecule has 2 N–H and O–H groups in total. The first-order valence-corrected chi connectivity index (χ1v) is 6.61. The normalized spacial score (nSPS) is 20.7. The summed E-state index contributed by atoms with van der Waals surface area (Å²) in [5, 5.41) is 6.06. The maximum Gasteiger partial charge on any atom is 0.225 e. The van der Waals surface area contributed by atoms with Gasteiger partial charge in [-0.05, 0) is 6.92 Å². The van der Waals surface area contributed by atoms with Crippen molar-refractivity contribution >= 4 is 11.8 Å². The fourth-order valence-electron chi connectivity index (χ4n) is 1.90. The van der Waals surface area contributed by atoms with Gasteiger partial charge in [0.15, 0.2) is 0 Å². The molecule has 5 heteroatoms. The van der Waals surface area contributed by atoms with Gasteiger partial charge in [0.05, 0.1) is 0 Å². The number of amides is 2. The topological polar surface area (TPSA) is 61.4 Å². The fraction of sp³-hybridized carbons (Fsp3) is 0.846. The molecular weight excluding hydrogens is 230 g/mol. The van der Waals surface area contributed by atoms with Crippen molar-refractivity contribution in [2.45, 2.75) is 40.2 Å². The first-order chi connectivity index (χ1) is 8.32. The van der Waals surface area contributed by atoms with E-state index in [1.807, 2.05) is 32.6 Å². The molecule has 1 saturated heterocycles. The third-order valence-corrected chi connectivity index (χ3v) is 3.13. The van der Waals surface area contributed by atoms with Crippen molar-refractivity contribution in [3.8, 4) is 0 Å². The zero-order valence-electron chi connectivity index (χ0n) is 11.9. The molecule has 1 aliphatic rings. The van der Waals surface area contributed by atoms with Gasteiger partial charge in [-0.25, -0.2) is 0 Å². The van der Waals surface area contributed by atoms with Crippen molar-refractivity contribution in [1.29, 1.82) is 0 Å². The van der Waals surface area contributed by atoms with Crippen LogP contribution in [0, 0.1) is 5.41 Å². The molecule has 0 aromatic carbocycles. The first kappa shape index (κ1) is 15.0. The molecule has 104 valence electrons. The van der Waals surface area contributed by atoms with E-state index in [1.54, 1.807) is 0 Å². The van der Waals surface area contributed by atoms with E-state index >= 15 is 0 Å². The van der Waals surface area contributed by atoms with Gasteiger partial charge in [-0.2, -0.15) is 0 Å². The lowest BCUT2D eigenvalue weighted by Gasteiger charge is -2.34. The highest BCUT2D eigenvalue weighted by Gasteiger charge is 2.24. The molecule has 0 bridgehead atoms. The lowest BCUT2D eigenvalue weighted by Crippen LogP contribution is -2.52. The van der Waals surface area contributed by atoms with Crippen LogP contribution in [0.1, 0.15) is 34.1 Å². The molecule has 0 saturated carbocycles. The van der Waals surface area contributed by atoms with Crippen molar-refractivity contribution in [1.82, 2.24) is 15.5 Å². The van der Waals surface area contributed by atoms with Gasteiger partial charge in [-0.3, -0.25) is 9.59 Å². The third kappa shape index (κ3) is 4.29. The van der Waals surface area contributed by atoms with Crippen LogP contribution in [0.5, 0.6) is 0 Å². The van der Waals surface area contributed by atoms with Crippen LogP contribution >= 0.6 is 0 Å². The summed E-state index contributed by atoms with van der Waals surface area (Å²) in [6.07, 6.45) is 0.381. The summed E-state index contributed by atoms with van der Waals surface area (Å²) in [6.45, 7) is 10.5. The van der Waals surface area contributed by atoms with Crippen LogP contribution in [0.25, 0.3) is 0 Å². The summed E-state index contributed by atoms with van der Waals surface area (Å²) in [6, 6.07) is 0.240. The average Bonchev–Trinajstić information content (AvgIpc) is 2.28. The Labute approximate surface area is 109 Å². The fourth-order valence-corrected chi connectivity index (χ4v) is 1.90. The van der Waals surface area contributed by atoms with Crippen molar-refractivity contribution < 1.29 is 9.59 Å². The summed E-state index contributed by atoms with van der Waals surface area (Å²) >= 11 is 0. The lowest BCUT2D eigenvalue weighted by molar-refractivity contribution is -0.134. The van der Waals surface area contributed by atoms with Crippen molar-refractivity contribution in [2.24, 2.45) is 5.41 Å². The molecule has 0 aliphatic carbocycles. The van der Waals surface area contributed by atoms with E-state index in [4.69, 9.17) is 0 Å². The second-order valence-electron chi connectivity index (χ2n) is 5.90. The minimum atomic E-state index is -0.397. The van der Waals surface area contributed by atoms with Gasteiger partial charge < -0.3 is 15.5 Å². The van der Waals surface area contributed by atoms with Gasteiger partial charge in [0, 0.05) is 44.1 Å². The molecule has 0 aromatic rings. The number of nitrogens with one attached hydrogen (secondary N) is 2. The van der Waals surface area contributed by atoms with Crippen LogP contribution in [0.2, 0.25) is 0 Å². The van der Waals surface area contributed by atoms with E-state index in [-0.39, 0.29) is 17.9 Å². The number of carbonyl (C=O) groups is 2. The van der Waals surface area contributed by atoms with E-state index in [2.05, 4.69) is 10.6 Å². The van der Waals surface area contributed by atoms with E-state index in [0.29, 0.717) is 13.0 Å². The van der Waals surface area contributed by atoms with Crippen molar-refractivity contribution in [3.63, 3.8) is 0 Å². The Morgan fingerprint density at radius 1 is 1.39 bits per heavy atom. The molecule has 5 nitrogen and oxygen atoms in total. The van der Waals surface area contributed by atoms with Crippen LogP contribution in [-0.2, 0) is 9.59 Å². The Balaban J connectivity index is 2.31. The second-order valence-corrected chi connectivity index (χ2v) is 5.90. The van der Waals surface area contributed by atoms with Gasteiger partial charge in [0.25, 0.3) is 0 Å². The quantitative estimate of drug-likeness (QED) is 0.765. The van der Waals surface area contributed by atoms with E-state index in [0.717, 1.165) is 19.6 Å². The summed E-state index contributed by atoms with van der Waals surface area (Å²) in [5.74, 6) is 0.113. The predicted molar refractivity (Wildman–Crippen MR) is 71.1 cm³/mol. The maximum atomic E-state index is 12.0. The number of hydrogen-bond acceptors (Lipinski definition) is 3. The van der Waals surface area contributed by atoms with Gasteiger partial charge in [-0.1, -0.05) is 20.8 Å². The summed E-state index contributed by atoms with van der Waals surface area (Å²) in [7, 11) is 0. The minimum absolute atomic E-state index is 0.0105. The SMILES string of the molecule is C[C@@H]1CNCCN1C(=O)CCNC(=O)C(C)(C)C. The zero-order valence-corrected chi connectivity index (χ0v) is 11.9. The Kier molecular flexibility index (Phi) is 5.14.